The van der Waals surface area contributed by atoms with E-state index in [1.807, 2.05) is 6.92 Å². The van der Waals surface area contributed by atoms with Gasteiger partial charge in [-0.25, -0.2) is 0 Å². The van der Waals surface area contributed by atoms with E-state index < -0.39 is 0 Å². The Balaban J connectivity index is 2.02. The molecule has 0 aromatic carbocycles. The predicted molar refractivity (Wildman–Crippen MR) is 59.6 cm³/mol. The molecule has 17 heavy (non-hydrogen) atoms. The monoisotopic (exact) mass is 234 g/mol. The molecule has 5 nitrogen and oxygen atoms in total. The van der Waals surface area contributed by atoms with Crippen LogP contribution in [0.2, 0.25) is 0 Å². The summed E-state index contributed by atoms with van der Waals surface area (Å²) in [6.07, 6.45) is 2.83. The second-order valence-electron chi connectivity index (χ2n) is 3.79. The number of hydrogen-bond acceptors (Lipinski definition) is 5. The number of pyridine rings is 1. The zero-order chi connectivity index (χ0) is 12.1. The van der Waals surface area contributed by atoms with Crippen molar-refractivity contribution in [2.45, 2.75) is 19.1 Å². The summed E-state index contributed by atoms with van der Waals surface area (Å²) >= 11 is 0. The van der Waals surface area contributed by atoms with Gasteiger partial charge in [-0.2, -0.15) is 5.26 Å². The highest BCUT2D eigenvalue weighted by Crippen LogP contribution is 2.19. The first-order valence-electron chi connectivity index (χ1n) is 5.51. The lowest BCUT2D eigenvalue weighted by molar-refractivity contribution is -0.122. The first kappa shape index (κ1) is 11.8. The summed E-state index contributed by atoms with van der Waals surface area (Å²) < 4.78 is 16.5. The summed E-state index contributed by atoms with van der Waals surface area (Å²) in [5, 5.41) is 8.93. The van der Waals surface area contributed by atoms with E-state index in [2.05, 4.69) is 11.1 Å². The Morgan fingerprint density at radius 1 is 1.59 bits per heavy atom. The van der Waals surface area contributed by atoms with Gasteiger partial charge < -0.3 is 14.2 Å². The van der Waals surface area contributed by atoms with Gasteiger partial charge in [0.1, 0.15) is 18.3 Å². The van der Waals surface area contributed by atoms with Crippen LogP contribution >= 0.6 is 0 Å². The Morgan fingerprint density at radius 3 is 3.18 bits per heavy atom. The van der Waals surface area contributed by atoms with Crippen molar-refractivity contribution in [1.29, 1.82) is 5.26 Å². The van der Waals surface area contributed by atoms with E-state index in [-0.39, 0.29) is 12.2 Å². The number of hydrogen-bond donors (Lipinski definition) is 0. The first-order valence-corrected chi connectivity index (χ1v) is 5.51. The summed E-state index contributed by atoms with van der Waals surface area (Å²) in [4.78, 5) is 3.94. The molecule has 0 spiro atoms. The van der Waals surface area contributed by atoms with Crippen LogP contribution in [-0.2, 0) is 9.47 Å². The molecule has 1 fully saturated rings. The number of aromatic nitrogens is 1. The SMILES string of the molecule is C[C@H](Oc1cnccc1C#N)C1COCCO1. The van der Waals surface area contributed by atoms with Crippen LogP contribution in [0.25, 0.3) is 0 Å². The quantitative estimate of drug-likeness (QED) is 0.784. The number of nitrogens with zero attached hydrogens (tertiary/aromatic N) is 2. The standard InChI is InChI=1S/C12H14N2O3/c1-9(12-8-15-4-5-16-12)17-11-7-14-3-2-10(11)6-13/h2-3,7,9,12H,4-5,8H2,1H3/t9-,12?/m0/s1. The second-order valence-corrected chi connectivity index (χ2v) is 3.79. The molecule has 1 aromatic rings. The van der Waals surface area contributed by atoms with Crippen molar-refractivity contribution in [3.05, 3.63) is 24.0 Å². The average Bonchev–Trinajstić information content (AvgIpc) is 2.40. The van der Waals surface area contributed by atoms with Crippen molar-refractivity contribution in [2.24, 2.45) is 0 Å². The van der Waals surface area contributed by atoms with Gasteiger partial charge in [-0.1, -0.05) is 0 Å². The molecule has 0 radical (unpaired) electrons. The molecule has 2 atom stereocenters. The largest absolute Gasteiger partial charge is 0.485 e. The molecular formula is C12H14N2O3. The van der Waals surface area contributed by atoms with E-state index in [4.69, 9.17) is 19.5 Å². The molecule has 1 aliphatic heterocycles. The van der Waals surface area contributed by atoms with Gasteiger partial charge >= 0.3 is 0 Å². The summed E-state index contributed by atoms with van der Waals surface area (Å²) in [6.45, 7) is 3.62. The van der Waals surface area contributed by atoms with Crippen LogP contribution in [0.3, 0.4) is 0 Å². The molecule has 90 valence electrons. The normalized spacial score (nSPS) is 21.5. The highest BCUT2D eigenvalue weighted by Gasteiger charge is 2.23. The van der Waals surface area contributed by atoms with Crippen LogP contribution in [0.1, 0.15) is 12.5 Å². The van der Waals surface area contributed by atoms with Crippen molar-refractivity contribution >= 4 is 0 Å². The first-order chi connectivity index (χ1) is 8.31. The molecule has 0 amide bonds. The minimum atomic E-state index is -0.174. The van der Waals surface area contributed by atoms with Gasteiger partial charge in [-0.05, 0) is 13.0 Å². The Morgan fingerprint density at radius 2 is 2.47 bits per heavy atom. The number of rotatable bonds is 3. The van der Waals surface area contributed by atoms with Crippen molar-refractivity contribution in [3.8, 4) is 11.8 Å². The molecule has 0 aliphatic carbocycles. The molecule has 1 unspecified atom stereocenters. The summed E-state index contributed by atoms with van der Waals surface area (Å²) in [6, 6.07) is 3.69. The Hall–Kier alpha value is -1.64. The summed E-state index contributed by atoms with van der Waals surface area (Å²) in [7, 11) is 0. The molecule has 2 rings (SSSR count). The molecule has 1 aromatic heterocycles. The lowest BCUT2D eigenvalue weighted by atomic mass is 10.2. The highest BCUT2D eigenvalue weighted by molar-refractivity contribution is 5.40. The fourth-order valence-electron chi connectivity index (χ4n) is 1.62. The van der Waals surface area contributed by atoms with Crippen molar-refractivity contribution in [1.82, 2.24) is 4.98 Å². The number of nitriles is 1. The van der Waals surface area contributed by atoms with Gasteiger partial charge in [0.05, 0.1) is 31.6 Å². The molecule has 0 bridgehead atoms. The third-order valence-corrected chi connectivity index (χ3v) is 2.58. The maximum Gasteiger partial charge on any atom is 0.155 e. The maximum atomic E-state index is 8.93. The molecule has 0 N–H and O–H groups in total. The molecule has 2 heterocycles. The smallest absolute Gasteiger partial charge is 0.155 e. The van der Waals surface area contributed by atoms with Crippen molar-refractivity contribution in [3.63, 3.8) is 0 Å². The van der Waals surface area contributed by atoms with Gasteiger partial charge in [-0.15, -0.1) is 0 Å². The minimum Gasteiger partial charge on any atom is -0.485 e. The van der Waals surface area contributed by atoms with Gasteiger partial charge in [-0.3, -0.25) is 4.98 Å². The van der Waals surface area contributed by atoms with Crippen LogP contribution in [0.4, 0.5) is 0 Å². The van der Waals surface area contributed by atoms with Gasteiger partial charge in [0, 0.05) is 6.20 Å². The van der Waals surface area contributed by atoms with Gasteiger partial charge in [0.2, 0.25) is 0 Å². The fraction of sp³-hybridized carbons (Fsp3) is 0.500. The van der Waals surface area contributed by atoms with Crippen LogP contribution in [0.5, 0.6) is 5.75 Å². The van der Waals surface area contributed by atoms with Crippen LogP contribution in [0, 0.1) is 11.3 Å². The average molecular weight is 234 g/mol. The minimum absolute atomic E-state index is 0.101. The Bertz CT molecular complexity index is 410. The van der Waals surface area contributed by atoms with Gasteiger partial charge in [0.15, 0.2) is 5.75 Å². The topological polar surface area (TPSA) is 64.4 Å². The zero-order valence-corrected chi connectivity index (χ0v) is 9.63. The van der Waals surface area contributed by atoms with E-state index in [0.29, 0.717) is 31.1 Å². The lowest BCUT2D eigenvalue weighted by Crippen LogP contribution is -2.40. The van der Waals surface area contributed by atoms with E-state index in [1.54, 1.807) is 18.5 Å². The van der Waals surface area contributed by atoms with E-state index in [1.165, 1.54) is 0 Å². The zero-order valence-electron chi connectivity index (χ0n) is 9.63. The third kappa shape index (κ3) is 2.93. The third-order valence-electron chi connectivity index (χ3n) is 2.58. The summed E-state index contributed by atoms with van der Waals surface area (Å²) in [5.41, 5.74) is 0.476. The van der Waals surface area contributed by atoms with E-state index >= 15 is 0 Å². The van der Waals surface area contributed by atoms with Crippen LogP contribution in [-0.4, -0.2) is 37.0 Å². The lowest BCUT2D eigenvalue weighted by Gasteiger charge is -2.28. The van der Waals surface area contributed by atoms with Crippen LogP contribution in [0.15, 0.2) is 18.5 Å². The Kier molecular flexibility index (Phi) is 3.91. The van der Waals surface area contributed by atoms with Crippen molar-refractivity contribution < 1.29 is 14.2 Å². The molecule has 1 saturated heterocycles. The summed E-state index contributed by atoms with van der Waals surface area (Å²) in [5.74, 6) is 0.483. The molecule has 0 saturated carbocycles. The molecule has 5 heteroatoms. The van der Waals surface area contributed by atoms with Gasteiger partial charge in [0.25, 0.3) is 0 Å². The predicted octanol–water partition coefficient (Wildman–Crippen LogP) is 1.14. The van der Waals surface area contributed by atoms with E-state index in [0.717, 1.165) is 0 Å². The maximum absolute atomic E-state index is 8.93. The van der Waals surface area contributed by atoms with Crippen molar-refractivity contribution in [2.75, 3.05) is 19.8 Å². The second kappa shape index (κ2) is 5.62. The Labute approximate surface area is 99.9 Å². The number of ether oxygens (including phenoxy) is 3. The van der Waals surface area contributed by atoms with Crippen LogP contribution < -0.4 is 4.74 Å². The fourth-order valence-corrected chi connectivity index (χ4v) is 1.62. The molecule has 1 aliphatic rings. The highest BCUT2D eigenvalue weighted by atomic mass is 16.6. The molecular weight excluding hydrogens is 220 g/mol. The van der Waals surface area contributed by atoms with E-state index in [9.17, 15) is 0 Å².